The first-order valence-electron chi connectivity index (χ1n) is 6.59. The highest BCUT2D eigenvalue weighted by Gasteiger charge is 2.31. The average molecular weight is 291 g/mol. The van der Waals surface area contributed by atoms with Gasteiger partial charge in [0.2, 0.25) is 5.91 Å². The number of hydrogen-bond acceptors (Lipinski definition) is 3. The Morgan fingerprint density at radius 2 is 1.81 bits per heavy atom. The first-order valence-corrected chi connectivity index (χ1v) is 6.59. The molecule has 0 aromatic heterocycles. The Labute approximate surface area is 124 Å². The molecule has 0 bridgehead atoms. The predicted molar refractivity (Wildman–Crippen MR) is 81.0 cm³/mol. The van der Waals surface area contributed by atoms with Crippen molar-refractivity contribution < 1.29 is 19.4 Å². The maximum atomic E-state index is 11.8. The Morgan fingerprint density at radius 1 is 1.24 bits per heavy atom. The smallest absolute Gasteiger partial charge is 0.326 e. The van der Waals surface area contributed by atoms with Crippen LogP contribution in [0.3, 0.4) is 0 Å². The van der Waals surface area contributed by atoms with Crippen molar-refractivity contribution in [1.29, 1.82) is 0 Å². The second-order valence-corrected chi connectivity index (χ2v) is 5.75. The van der Waals surface area contributed by atoms with Crippen molar-refractivity contribution >= 4 is 18.0 Å². The summed E-state index contributed by atoms with van der Waals surface area (Å²) in [5, 5.41) is 11.6. The Morgan fingerprint density at radius 3 is 2.24 bits per heavy atom. The van der Waals surface area contributed by atoms with Crippen LogP contribution in [0.15, 0.2) is 30.3 Å². The van der Waals surface area contributed by atoms with Gasteiger partial charge in [-0.25, -0.2) is 4.79 Å². The summed E-state index contributed by atoms with van der Waals surface area (Å²) < 4.78 is 5.04. The maximum Gasteiger partial charge on any atom is 0.326 e. The van der Waals surface area contributed by atoms with E-state index >= 15 is 0 Å². The second-order valence-electron chi connectivity index (χ2n) is 5.75. The molecule has 1 rings (SSSR count). The topological polar surface area (TPSA) is 75.6 Å². The highest BCUT2D eigenvalue weighted by Crippen LogP contribution is 2.19. The third-order valence-electron chi connectivity index (χ3n) is 2.94. The molecule has 0 spiro atoms. The molecule has 0 radical (unpaired) electrons. The average Bonchev–Trinajstić information content (AvgIpc) is 2.41. The lowest BCUT2D eigenvalue weighted by Gasteiger charge is -2.27. The molecule has 0 fully saturated rings. The predicted octanol–water partition coefficient (Wildman–Crippen LogP) is 2.32. The summed E-state index contributed by atoms with van der Waals surface area (Å²) in [5.41, 5.74) is 0.267. The number of hydrogen-bond donors (Lipinski definition) is 2. The van der Waals surface area contributed by atoms with Gasteiger partial charge in [-0.1, -0.05) is 32.9 Å². The fraction of sp³-hybridized carbons (Fsp3) is 0.375. The largest absolute Gasteiger partial charge is 0.497 e. The van der Waals surface area contributed by atoms with Crippen LogP contribution in [0.4, 0.5) is 0 Å². The van der Waals surface area contributed by atoms with Crippen molar-refractivity contribution in [2.75, 3.05) is 7.11 Å². The van der Waals surface area contributed by atoms with Crippen molar-refractivity contribution in [2.24, 2.45) is 5.41 Å². The molecule has 5 heteroatoms. The summed E-state index contributed by atoms with van der Waals surface area (Å²) >= 11 is 0. The normalized spacial score (nSPS) is 13.0. The van der Waals surface area contributed by atoms with E-state index in [9.17, 15) is 9.59 Å². The Hall–Kier alpha value is -2.30. The van der Waals surface area contributed by atoms with Gasteiger partial charge >= 0.3 is 5.97 Å². The van der Waals surface area contributed by atoms with E-state index in [1.165, 1.54) is 6.08 Å². The highest BCUT2D eigenvalue weighted by atomic mass is 16.5. The molecule has 21 heavy (non-hydrogen) atoms. The molecule has 1 aromatic carbocycles. The van der Waals surface area contributed by atoms with Crippen LogP contribution >= 0.6 is 0 Å². The van der Waals surface area contributed by atoms with E-state index in [-0.39, 0.29) is 0 Å². The van der Waals surface area contributed by atoms with E-state index in [1.807, 2.05) is 0 Å². The number of aliphatic carboxylic acids is 1. The Kier molecular flexibility index (Phi) is 5.52. The molecule has 5 nitrogen and oxygen atoms in total. The monoisotopic (exact) mass is 291 g/mol. The highest BCUT2D eigenvalue weighted by molar-refractivity contribution is 5.94. The van der Waals surface area contributed by atoms with Crippen LogP contribution < -0.4 is 10.1 Å². The molecule has 1 amide bonds. The van der Waals surface area contributed by atoms with Gasteiger partial charge in [-0.15, -0.1) is 0 Å². The number of ether oxygens (including phenoxy) is 1. The zero-order valence-corrected chi connectivity index (χ0v) is 12.7. The van der Waals surface area contributed by atoms with E-state index < -0.39 is 23.3 Å². The number of carbonyl (C=O) groups excluding carboxylic acids is 1. The van der Waals surface area contributed by atoms with Gasteiger partial charge in [-0.3, -0.25) is 4.79 Å². The van der Waals surface area contributed by atoms with Gasteiger partial charge < -0.3 is 15.2 Å². The minimum Gasteiger partial charge on any atom is -0.497 e. The minimum atomic E-state index is -1.05. The van der Waals surface area contributed by atoms with Crippen molar-refractivity contribution in [3.8, 4) is 5.75 Å². The summed E-state index contributed by atoms with van der Waals surface area (Å²) in [6, 6.07) is 6.24. The third-order valence-corrected chi connectivity index (χ3v) is 2.94. The molecule has 0 heterocycles. The number of amides is 1. The number of rotatable bonds is 5. The fourth-order valence-corrected chi connectivity index (χ4v) is 1.73. The number of methoxy groups -OCH3 is 1. The second kappa shape index (κ2) is 6.92. The quantitative estimate of drug-likeness (QED) is 0.816. The van der Waals surface area contributed by atoms with Crippen molar-refractivity contribution in [3.63, 3.8) is 0 Å². The summed E-state index contributed by atoms with van der Waals surface area (Å²) in [7, 11) is 1.58. The molecule has 0 saturated carbocycles. The van der Waals surface area contributed by atoms with Crippen LogP contribution in [0.25, 0.3) is 6.08 Å². The molecule has 1 aromatic rings. The molecule has 2 N–H and O–H groups in total. The summed E-state index contributed by atoms with van der Waals surface area (Å²) in [6.45, 7) is 5.29. The van der Waals surface area contributed by atoms with Gasteiger partial charge in [0.25, 0.3) is 0 Å². The molecule has 114 valence electrons. The molecule has 0 aliphatic heterocycles. The minimum absolute atomic E-state index is 0.437. The lowest BCUT2D eigenvalue weighted by molar-refractivity contribution is -0.144. The standard InChI is InChI=1S/C16H21NO4/c1-16(2,3)14(15(19)20)17-13(18)10-7-11-5-8-12(21-4)9-6-11/h5-10,14H,1-4H3,(H,17,18)(H,19,20)/b10-7+/t14-/m0/s1. The summed E-state index contributed by atoms with van der Waals surface area (Å²) in [6.07, 6.45) is 2.94. The van der Waals surface area contributed by atoms with Crippen LogP contribution in [0, 0.1) is 5.41 Å². The summed E-state index contributed by atoms with van der Waals surface area (Å²) in [4.78, 5) is 23.0. The maximum absolute atomic E-state index is 11.8. The number of benzene rings is 1. The van der Waals surface area contributed by atoms with Crippen molar-refractivity contribution in [2.45, 2.75) is 26.8 Å². The first-order chi connectivity index (χ1) is 9.74. The SMILES string of the molecule is COc1ccc(/C=C/C(=O)N[C@@H](C(=O)O)C(C)(C)C)cc1. The van der Waals surface area contributed by atoms with E-state index in [4.69, 9.17) is 9.84 Å². The number of nitrogens with one attached hydrogen (secondary N) is 1. The lowest BCUT2D eigenvalue weighted by atomic mass is 9.87. The van der Waals surface area contributed by atoms with Crippen molar-refractivity contribution in [3.05, 3.63) is 35.9 Å². The Balaban J connectivity index is 2.71. The van der Waals surface area contributed by atoms with Crippen LogP contribution in [0.2, 0.25) is 0 Å². The van der Waals surface area contributed by atoms with Gasteiger partial charge in [0.15, 0.2) is 0 Å². The molecular formula is C16H21NO4. The number of carbonyl (C=O) groups is 2. The zero-order valence-electron chi connectivity index (χ0n) is 12.7. The molecule has 1 atom stereocenters. The van der Waals surface area contributed by atoms with Crippen molar-refractivity contribution in [1.82, 2.24) is 5.32 Å². The molecule has 0 aliphatic carbocycles. The Bertz CT molecular complexity index is 526. The molecule has 0 aliphatic rings. The van der Waals surface area contributed by atoms with Crippen LogP contribution in [0.1, 0.15) is 26.3 Å². The molecule has 0 saturated heterocycles. The number of carboxylic acid groups (broad SMARTS) is 1. The van der Waals surface area contributed by atoms with Crippen LogP contribution in [0.5, 0.6) is 5.75 Å². The van der Waals surface area contributed by atoms with Gasteiger partial charge in [0.05, 0.1) is 7.11 Å². The van der Waals surface area contributed by atoms with E-state index in [0.717, 1.165) is 11.3 Å². The molecule has 0 unspecified atom stereocenters. The fourth-order valence-electron chi connectivity index (χ4n) is 1.73. The van der Waals surface area contributed by atoms with E-state index in [0.29, 0.717) is 0 Å². The van der Waals surface area contributed by atoms with E-state index in [1.54, 1.807) is 58.2 Å². The zero-order chi connectivity index (χ0) is 16.0. The lowest BCUT2D eigenvalue weighted by Crippen LogP contribution is -2.48. The first kappa shape index (κ1) is 16.8. The number of carboxylic acids is 1. The van der Waals surface area contributed by atoms with E-state index in [2.05, 4.69) is 5.32 Å². The van der Waals surface area contributed by atoms with Gasteiger partial charge in [-0.05, 0) is 29.2 Å². The molecular weight excluding hydrogens is 270 g/mol. The van der Waals surface area contributed by atoms with Crippen LogP contribution in [-0.2, 0) is 9.59 Å². The summed E-state index contributed by atoms with van der Waals surface area (Å²) in [5.74, 6) is -0.753. The van der Waals surface area contributed by atoms with Gasteiger partial charge in [0, 0.05) is 6.08 Å². The van der Waals surface area contributed by atoms with Crippen LogP contribution in [-0.4, -0.2) is 30.1 Å². The van der Waals surface area contributed by atoms with Gasteiger partial charge in [-0.2, -0.15) is 0 Å². The third kappa shape index (κ3) is 5.30. The van der Waals surface area contributed by atoms with Gasteiger partial charge in [0.1, 0.15) is 11.8 Å².